The Hall–Kier alpha value is -1.93. The average molecular weight is 296 g/mol. The van der Waals surface area contributed by atoms with Crippen molar-refractivity contribution in [3.8, 4) is 0 Å². The van der Waals surface area contributed by atoms with E-state index in [2.05, 4.69) is 5.32 Å². The third-order valence-corrected chi connectivity index (χ3v) is 4.75. The fourth-order valence-corrected chi connectivity index (χ4v) is 3.52. The van der Waals surface area contributed by atoms with E-state index in [1.165, 1.54) is 6.07 Å². The van der Waals surface area contributed by atoms with E-state index in [0.717, 1.165) is 4.31 Å². The lowest BCUT2D eigenvalue weighted by Crippen LogP contribution is -2.33. The zero-order valence-electron chi connectivity index (χ0n) is 9.49. The molecule has 1 aliphatic heterocycles. The molecule has 1 aliphatic rings. The van der Waals surface area contributed by atoms with Crippen molar-refractivity contribution in [3.63, 3.8) is 0 Å². The number of carbonyl (C=O) groups excluding carboxylic acids is 1. The fourth-order valence-electron chi connectivity index (χ4n) is 1.81. The molecule has 8 heteroatoms. The predicted octanol–water partition coefficient (Wildman–Crippen LogP) is 0.838. The maximum Gasteiger partial charge on any atom is 0.300 e. The molecular formula is C11H8N2O4S2. The summed E-state index contributed by atoms with van der Waals surface area (Å²) < 4.78 is 30.7. The molecule has 1 N–H and O–H groups in total. The summed E-state index contributed by atoms with van der Waals surface area (Å²) >= 11 is 4.82. The number of rotatable bonds is 2. The third-order valence-electron chi connectivity index (χ3n) is 2.71. The lowest BCUT2D eigenvalue weighted by atomic mass is 10.3. The molecule has 1 fully saturated rings. The highest BCUT2D eigenvalue weighted by Crippen LogP contribution is 2.25. The van der Waals surface area contributed by atoms with Crippen molar-refractivity contribution in [2.45, 2.75) is 5.09 Å². The second-order valence-electron chi connectivity index (χ2n) is 3.97. The minimum absolute atomic E-state index is 0.134. The van der Waals surface area contributed by atoms with Gasteiger partial charge in [-0.3, -0.25) is 4.79 Å². The predicted molar refractivity (Wildman–Crippen MR) is 70.8 cm³/mol. The van der Waals surface area contributed by atoms with E-state index in [9.17, 15) is 13.2 Å². The first-order chi connectivity index (χ1) is 8.98. The molecule has 1 saturated heterocycles. The molecule has 3 rings (SSSR count). The second-order valence-corrected chi connectivity index (χ2v) is 6.15. The highest BCUT2D eigenvalue weighted by Gasteiger charge is 2.36. The van der Waals surface area contributed by atoms with Crippen molar-refractivity contribution in [1.82, 2.24) is 9.62 Å². The van der Waals surface area contributed by atoms with Crippen molar-refractivity contribution < 1.29 is 17.6 Å². The summed E-state index contributed by atoms with van der Waals surface area (Å²) in [7, 11) is -3.94. The number of hydrogen-bond donors (Lipinski definition) is 1. The Bertz CT molecular complexity index is 761. The van der Waals surface area contributed by atoms with Crippen LogP contribution in [0.25, 0.3) is 11.0 Å². The zero-order chi connectivity index (χ0) is 13.6. The van der Waals surface area contributed by atoms with Gasteiger partial charge in [0.05, 0.1) is 0 Å². The van der Waals surface area contributed by atoms with E-state index in [-0.39, 0.29) is 16.7 Å². The van der Waals surface area contributed by atoms with Gasteiger partial charge < -0.3 is 9.73 Å². The third kappa shape index (κ3) is 1.89. The number of amides is 1. The first-order valence-electron chi connectivity index (χ1n) is 5.33. The number of para-hydroxylation sites is 1. The van der Waals surface area contributed by atoms with E-state index in [0.29, 0.717) is 11.0 Å². The number of sulfonamides is 1. The molecule has 0 spiro atoms. The number of benzene rings is 1. The minimum atomic E-state index is -3.94. The number of fused-ring (bicyclic) bond motifs is 1. The standard InChI is InChI=1S/C11H8N2O4S2/c14-9-6-13(11(18)12-9)19(15,16)10-5-7-3-1-2-4-8(7)17-10/h1-5H,6H2,(H,12,14,18). The minimum Gasteiger partial charge on any atom is -0.443 e. The number of carbonyl (C=O) groups is 1. The van der Waals surface area contributed by atoms with Gasteiger partial charge in [0.15, 0.2) is 5.11 Å². The molecule has 0 aliphatic carbocycles. The largest absolute Gasteiger partial charge is 0.443 e. The number of hydrogen-bond acceptors (Lipinski definition) is 5. The van der Waals surface area contributed by atoms with E-state index < -0.39 is 15.9 Å². The Morgan fingerprint density at radius 1 is 1.32 bits per heavy atom. The van der Waals surface area contributed by atoms with E-state index in [1.807, 2.05) is 0 Å². The van der Waals surface area contributed by atoms with Crippen molar-refractivity contribution in [1.29, 1.82) is 0 Å². The van der Waals surface area contributed by atoms with Crippen molar-refractivity contribution in [2.75, 3.05) is 6.54 Å². The van der Waals surface area contributed by atoms with Crippen LogP contribution in [0.2, 0.25) is 0 Å². The van der Waals surface area contributed by atoms with Crippen molar-refractivity contribution in [2.24, 2.45) is 0 Å². The summed E-state index contributed by atoms with van der Waals surface area (Å²) in [4.78, 5) is 11.2. The average Bonchev–Trinajstić information content (AvgIpc) is 2.92. The molecule has 2 aromatic rings. The van der Waals surface area contributed by atoms with Gasteiger partial charge >= 0.3 is 0 Å². The molecule has 19 heavy (non-hydrogen) atoms. The molecular weight excluding hydrogens is 288 g/mol. The summed E-state index contributed by atoms with van der Waals surface area (Å²) in [5, 5.41) is 2.58. The molecule has 0 bridgehead atoms. The van der Waals surface area contributed by atoms with Crippen LogP contribution in [0, 0.1) is 0 Å². The highest BCUT2D eigenvalue weighted by atomic mass is 32.2. The van der Waals surface area contributed by atoms with Crippen LogP contribution in [-0.2, 0) is 14.8 Å². The van der Waals surface area contributed by atoms with Gasteiger partial charge in [-0.15, -0.1) is 0 Å². The molecule has 0 saturated carbocycles. The first kappa shape index (κ1) is 12.1. The normalized spacial score (nSPS) is 16.1. The van der Waals surface area contributed by atoms with Crippen LogP contribution in [0.1, 0.15) is 0 Å². The first-order valence-corrected chi connectivity index (χ1v) is 7.18. The Labute approximate surface area is 114 Å². The lowest BCUT2D eigenvalue weighted by molar-refractivity contribution is -0.118. The van der Waals surface area contributed by atoms with Gasteiger partial charge in [-0.2, -0.15) is 8.42 Å². The number of nitrogens with zero attached hydrogens (tertiary/aromatic N) is 1. The quantitative estimate of drug-likeness (QED) is 0.831. The van der Waals surface area contributed by atoms with Gasteiger partial charge in [-0.05, 0) is 18.3 Å². The Kier molecular flexibility index (Phi) is 2.58. The van der Waals surface area contributed by atoms with Crippen molar-refractivity contribution in [3.05, 3.63) is 30.3 Å². The summed E-state index contributed by atoms with van der Waals surface area (Å²) in [6.07, 6.45) is 0. The van der Waals surface area contributed by atoms with Crippen molar-refractivity contribution >= 4 is 44.2 Å². The maximum atomic E-state index is 12.3. The fraction of sp³-hybridized carbons (Fsp3) is 0.0909. The van der Waals surface area contributed by atoms with Crippen LogP contribution in [0.3, 0.4) is 0 Å². The molecule has 0 atom stereocenters. The molecule has 0 radical (unpaired) electrons. The molecule has 2 heterocycles. The summed E-state index contributed by atoms with van der Waals surface area (Å²) in [5.41, 5.74) is 0.463. The smallest absolute Gasteiger partial charge is 0.300 e. The summed E-state index contributed by atoms with van der Waals surface area (Å²) in [6, 6.07) is 8.34. The van der Waals surface area contributed by atoms with Gasteiger partial charge in [0.25, 0.3) is 10.0 Å². The zero-order valence-corrected chi connectivity index (χ0v) is 11.1. The monoisotopic (exact) mass is 296 g/mol. The Balaban J connectivity index is 2.09. The van der Waals surface area contributed by atoms with E-state index >= 15 is 0 Å². The van der Waals surface area contributed by atoms with E-state index in [1.54, 1.807) is 24.3 Å². The van der Waals surface area contributed by atoms with Gasteiger partial charge in [0.1, 0.15) is 12.1 Å². The van der Waals surface area contributed by atoms with Crippen LogP contribution in [0.4, 0.5) is 0 Å². The highest BCUT2D eigenvalue weighted by molar-refractivity contribution is 7.91. The molecule has 6 nitrogen and oxygen atoms in total. The SMILES string of the molecule is O=C1CN(S(=O)(=O)c2cc3ccccc3o2)C(=S)N1. The Morgan fingerprint density at radius 3 is 2.68 bits per heavy atom. The van der Waals surface area contributed by atoms with Gasteiger partial charge in [0, 0.05) is 11.5 Å². The topological polar surface area (TPSA) is 79.6 Å². The molecule has 1 aromatic heterocycles. The number of nitrogens with one attached hydrogen (secondary N) is 1. The van der Waals surface area contributed by atoms with Crippen LogP contribution in [-0.4, -0.2) is 30.3 Å². The summed E-state index contributed by atoms with van der Waals surface area (Å²) in [6.45, 7) is -0.321. The molecule has 0 unspecified atom stereocenters. The number of thiocarbonyl (C=S) groups is 1. The lowest BCUT2D eigenvalue weighted by Gasteiger charge is -2.13. The van der Waals surface area contributed by atoms with Crippen LogP contribution in [0.15, 0.2) is 39.8 Å². The molecule has 1 aromatic carbocycles. The second kappa shape index (κ2) is 4.04. The van der Waals surface area contributed by atoms with Crippen LogP contribution < -0.4 is 5.32 Å². The Morgan fingerprint density at radius 2 is 2.05 bits per heavy atom. The number of furan rings is 1. The van der Waals surface area contributed by atoms with Gasteiger partial charge in [-0.1, -0.05) is 18.2 Å². The van der Waals surface area contributed by atoms with Gasteiger partial charge in [-0.25, -0.2) is 4.31 Å². The molecule has 1 amide bonds. The van der Waals surface area contributed by atoms with E-state index in [4.69, 9.17) is 16.6 Å². The van der Waals surface area contributed by atoms with Gasteiger partial charge in [0.2, 0.25) is 11.0 Å². The maximum absolute atomic E-state index is 12.3. The van der Waals surface area contributed by atoms with Crippen LogP contribution >= 0.6 is 12.2 Å². The van der Waals surface area contributed by atoms with Crippen LogP contribution in [0.5, 0.6) is 0 Å². The molecule has 98 valence electrons. The summed E-state index contributed by atoms with van der Waals surface area (Å²) in [5.74, 6) is -0.454.